The standard InChI is InChI=1S/C21H23Cl2NO4/c1-27-15-6-8-19(28-2)17(11-15)20(16-7-5-14(22)10-18(16)23)24-9-3-4-13(12-24)21(25)26/h5-8,10-11,13,20H,3-4,9,12H2,1-2H3,(H,25,26). The molecule has 0 radical (unpaired) electrons. The van der Waals surface area contributed by atoms with Gasteiger partial charge in [0.2, 0.25) is 0 Å². The van der Waals surface area contributed by atoms with Crippen molar-refractivity contribution in [3.05, 3.63) is 57.6 Å². The summed E-state index contributed by atoms with van der Waals surface area (Å²) in [7, 11) is 3.22. The van der Waals surface area contributed by atoms with Crippen molar-refractivity contribution in [2.75, 3.05) is 27.3 Å². The maximum atomic E-state index is 11.6. The number of aliphatic carboxylic acids is 1. The number of likely N-dealkylation sites (tertiary alicyclic amines) is 1. The van der Waals surface area contributed by atoms with Gasteiger partial charge in [0.25, 0.3) is 0 Å². The molecule has 28 heavy (non-hydrogen) atoms. The topological polar surface area (TPSA) is 59.0 Å². The van der Waals surface area contributed by atoms with E-state index >= 15 is 0 Å². The number of halogens is 2. The fraction of sp³-hybridized carbons (Fsp3) is 0.381. The molecule has 0 aliphatic carbocycles. The van der Waals surface area contributed by atoms with Crippen LogP contribution in [0.2, 0.25) is 10.0 Å². The van der Waals surface area contributed by atoms with Crippen molar-refractivity contribution in [1.29, 1.82) is 0 Å². The molecule has 1 aliphatic heterocycles. The van der Waals surface area contributed by atoms with Gasteiger partial charge in [0, 0.05) is 22.2 Å². The maximum absolute atomic E-state index is 11.6. The highest BCUT2D eigenvalue weighted by atomic mass is 35.5. The van der Waals surface area contributed by atoms with Gasteiger partial charge < -0.3 is 14.6 Å². The molecule has 0 spiro atoms. The van der Waals surface area contributed by atoms with E-state index in [1.54, 1.807) is 26.4 Å². The summed E-state index contributed by atoms with van der Waals surface area (Å²) in [6, 6.07) is 10.7. The molecule has 1 heterocycles. The smallest absolute Gasteiger partial charge is 0.307 e. The Kier molecular flexibility index (Phi) is 6.70. The van der Waals surface area contributed by atoms with E-state index in [-0.39, 0.29) is 6.04 Å². The Morgan fingerprint density at radius 2 is 1.93 bits per heavy atom. The van der Waals surface area contributed by atoms with Gasteiger partial charge in [0.15, 0.2) is 0 Å². The molecule has 0 bridgehead atoms. The quantitative estimate of drug-likeness (QED) is 0.715. The van der Waals surface area contributed by atoms with Gasteiger partial charge in [-0.1, -0.05) is 29.3 Å². The number of carbonyl (C=O) groups is 1. The highest BCUT2D eigenvalue weighted by Crippen LogP contribution is 2.41. The van der Waals surface area contributed by atoms with Gasteiger partial charge in [-0.2, -0.15) is 0 Å². The van der Waals surface area contributed by atoms with E-state index < -0.39 is 11.9 Å². The first-order valence-corrected chi connectivity index (χ1v) is 9.84. The number of methoxy groups -OCH3 is 2. The summed E-state index contributed by atoms with van der Waals surface area (Å²) in [6.45, 7) is 1.19. The normalized spacial score (nSPS) is 18.5. The number of hydrogen-bond acceptors (Lipinski definition) is 4. The van der Waals surface area contributed by atoms with Crippen molar-refractivity contribution in [2.24, 2.45) is 5.92 Å². The van der Waals surface area contributed by atoms with Crippen LogP contribution < -0.4 is 9.47 Å². The molecule has 3 rings (SSSR count). The molecule has 0 saturated carbocycles. The fourth-order valence-electron chi connectivity index (χ4n) is 3.78. The lowest BCUT2D eigenvalue weighted by atomic mass is 9.91. The second-order valence-corrected chi connectivity index (χ2v) is 7.69. The van der Waals surface area contributed by atoms with Crippen LogP contribution >= 0.6 is 23.2 Å². The Balaban J connectivity index is 2.13. The van der Waals surface area contributed by atoms with Crippen LogP contribution in [-0.2, 0) is 4.79 Å². The average molecular weight is 424 g/mol. The van der Waals surface area contributed by atoms with Crippen molar-refractivity contribution in [1.82, 2.24) is 4.90 Å². The molecule has 5 nitrogen and oxygen atoms in total. The van der Waals surface area contributed by atoms with E-state index in [1.165, 1.54) is 0 Å². The zero-order chi connectivity index (χ0) is 20.3. The van der Waals surface area contributed by atoms with Crippen LogP contribution in [0, 0.1) is 5.92 Å². The van der Waals surface area contributed by atoms with Crippen molar-refractivity contribution < 1.29 is 19.4 Å². The Hall–Kier alpha value is -1.95. The summed E-state index contributed by atoms with van der Waals surface area (Å²) in [5.74, 6) is 0.189. The van der Waals surface area contributed by atoms with Crippen LogP contribution in [0.1, 0.15) is 30.0 Å². The third-order valence-electron chi connectivity index (χ3n) is 5.16. The zero-order valence-electron chi connectivity index (χ0n) is 15.8. The minimum atomic E-state index is -0.775. The molecule has 1 N–H and O–H groups in total. The maximum Gasteiger partial charge on any atom is 0.307 e. The van der Waals surface area contributed by atoms with Crippen LogP contribution in [0.25, 0.3) is 0 Å². The lowest BCUT2D eigenvalue weighted by Crippen LogP contribution is -2.41. The van der Waals surface area contributed by atoms with Crippen LogP contribution in [0.3, 0.4) is 0 Å². The molecule has 1 saturated heterocycles. The first-order valence-electron chi connectivity index (χ1n) is 9.08. The number of hydrogen-bond donors (Lipinski definition) is 1. The van der Waals surface area contributed by atoms with Crippen molar-refractivity contribution in [2.45, 2.75) is 18.9 Å². The predicted octanol–water partition coefficient (Wildman–Crippen LogP) is 4.90. The first-order chi connectivity index (χ1) is 13.4. The fourth-order valence-corrected chi connectivity index (χ4v) is 4.29. The first kappa shape index (κ1) is 20.8. The molecular weight excluding hydrogens is 401 g/mol. The van der Waals surface area contributed by atoms with Gasteiger partial charge in [-0.15, -0.1) is 0 Å². The number of nitrogens with zero attached hydrogens (tertiary/aromatic N) is 1. The second-order valence-electron chi connectivity index (χ2n) is 6.85. The Morgan fingerprint density at radius 1 is 1.14 bits per heavy atom. The minimum Gasteiger partial charge on any atom is -0.497 e. The minimum absolute atomic E-state index is 0.281. The van der Waals surface area contributed by atoms with E-state index in [4.69, 9.17) is 32.7 Å². The molecule has 1 aliphatic rings. The van der Waals surface area contributed by atoms with Crippen LogP contribution in [-0.4, -0.2) is 43.3 Å². The summed E-state index contributed by atoms with van der Waals surface area (Å²) in [4.78, 5) is 13.8. The van der Waals surface area contributed by atoms with Gasteiger partial charge in [-0.3, -0.25) is 9.69 Å². The molecule has 0 aromatic heterocycles. The molecule has 150 valence electrons. The summed E-state index contributed by atoms with van der Waals surface area (Å²) in [5, 5.41) is 10.6. The molecule has 2 atom stereocenters. The lowest BCUT2D eigenvalue weighted by Gasteiger charge is -2.38. The van der Waals surface area contributed by atoms with E-state index in [0.717, 1.165) is 24.1 Å². The number of carboxylic acid groups (broad SMARTS) is 1. The largest absolute Gasteiger partial charge is 0.497 e. The Labute approximate surface area is 174 Å². The third-order valence-corrected chi connectivity index (χ3v) is 5.72. The van der Waals surface area contributed by atoms with Gasteiger partial charge in [0.05, 0.1) is 26.2 Å². The molecule has 2 unspecified atom stereocenters. The van der Waals surface area contributed by atoms with Crippen molar-refractivity contribution >= 4 is 29.2 Å². The third kappa shape index (κ3) is 4.37. The van der Waals surface area contributed by atoms with Gasteiger partial charge in [-0.25, -0.2) is 0 Å². The average Bonchev–Trinajstić information content (AvgIpc) is 2.70. The number of benzene rings is 2. The predicted molar refractivity (Wildman–Crippen MR) is 110 cm³/mol. The zero-order valence-corrected chi connectivity index (χ0v) is 17.3. The van der Waals surface area contributed by atoms with Gasteiger partial charge in [-0.05, 0) is 55.3 Å². The van der Waals surface area contributed by atoms with E-state index in [0.29, 0.717) is 34.5 Å². The Morgan fingerprint density at radius 3 is 2.57 bits per heavy atom. The summed E-state index contributed by atoms with van der Waals surface area (Å²) in [6.07, 6.45) is 1.47. The van der Waals surface area contributed by atoms with E-state index in [9.17, 15) is 9.90 Å². The number of carboxylic acids is 1. The molecule has 7 heteroatoms. The monoisotopic (exact) mass is 423 g/mol. The molecule has 2 aromatic rings. The molecule has 0 amide bonds. The summed E-state index contributed by atoms with van der Waals surface area (Å²) in [5.41, 5.74) is 1.72. The van der Waals surface area contributed by atoms with Gasteiger partial charge in [0.1, 0.15) is 11.5 Å². The molecular formula is C21H23Cl2NO4. The number of rotatable bonds is 6. The van der Waals surface area contributed by atoms with E-state index in [1.807, 2.05) is 24.3 Å². The van der Waals surface area contributed by atoms with Crippen LogP contribution in [0.4, 0.5) is 0 Å². The van der Waals surface area contributed by atoms with Crippen LogP contribution in [0.15, 0.2) is 36.4 Å². The van der Waals surface area contributed by atoms with Crippen LogP contribution in [0.5, 0.6) is 11.5 Å². The molecule has 1 fully saturated rings. The lowest BCUT2D eigenvalue weighted by molar-refractivity contribution is -0.143. The number of ether oxygens (including phenoxy) is 2. The van der Waals surface area contributed by atoms with Crippen molar-refractivity contribution in [3.63, 3.8) is 0 Å². The van der Waals surface area contributed by atoms with E-state index in [2.05, 4.69) is 4.90 Å². The molecule has 2 aromatic carbocycles. The van der Waals surface area contributed by atoms with Crippen molar-refractivity contribution in [3.8, 4) is 11.5 Å². The summed E-state index contributed by atoms with van der Waals surface area (Å²) < 4.78 is 11.0. The highest BCUT2D eigenvalue weighted by Gasteiger charge is 2.33. The number of piperidine rings is 1. The Bertz CT molecular complexity index is 858. The second kappa shape index (κ2) is 9.03. The SMILES string of the molecule is COc1ccc(OC)c(C(c2ccc(Cl)cc2Cl)N2CCCC(C(=O)O)C2)c1. The highest BCUT2D eigenvalue weighted by molar-refractivity contribution is 6.35. The van der Waals surface area contributed by atoms with Gasteiger partial charge >= 0.3 is 5.97 Å². The summed E-state index contributed by atoms with van der Waals surface area (Å²) >= 11 is 12.7.